The van der Waals surface area contributed by atoms with Crippen molar-refractivity contribution in [2.24, 2.45) is 0 Å². The van der Waals surface area contributed by atoms with Gasteiger partial charge in [-0.15, -0.1) is 83.4 Å². The second kappa shape index (κ2) is 21.2. The van der Waals surface area contributed by atoms with Gasteiger partial charge in [0.2, 0.25) is 0 Å². The van der Waals surface area contributed by atoms with Gasteiger partial charge in [-0.05, 0) is 117 Å². The molecule has 0 radical (unpaired) electrons. The number of nitrogens with zero attached hydrogens (tertiary/aromatic N) is 7. The van der Waals surface area contributed by atoms with Gasteiger partial charge in [-0.1, -0.05) is 156 Å². The van der Waals surface area contributed by atoms with Crippen LogP contribution in [0.15, 0.2) is 267 Å². The topological polar surface area (TPSA) is 74.3 Å². The van der Waals surface area contributed by atoms with Crippen molar-refractivity contribution in [3.8, 4) is 112 Å². The molecule has 0 aliphatic rings. The van der Waals surface area contributed by atoms with E-state index in [-0.39, 0.29) is 20.1 Å². The summed E-state index contributed by atoms with van der Waals surface area (Å²) >= 11 is 0. The van der Waals surface area contributed by atoms with Gasteiger partial charge in [0.15, 0.2) is 0 Å². The van der Waals surface area contributed by atoms with Gasteiger partial charge < -0.3 is 24.1 Å². The molecule has 5 heterocycles. The molecule has 0 aliphatic carbocycles. The van der Waals surface area contributed by atoms with Crippen LogP contribution in [0.1, 0.15) is 0 Å². The predicted molar refractivity (Wildman–Crippen MR) is 315 cm³/mol. The molecule has 79 heavy (non-hydrogen) atoms. The summed E-state index contributed by atoms with van der Waals surface area (Å²) in [6.07, 6.45) is 5.45. The number of aromatic nitrogens is 7. The number of rotatable bonds is 11. The number of hydrogen-bond donors (Lipinski definition) is 0. The van der Waals surface area contributed by atoms with Gasteiger partial charge in [0.1, 0.15) is 11.6 Å². The number of imidazole rings is 2. The first-order valence-electron chi connectivity index (χ1n) is 25.9. The van der Waals surface area contributed by atoms with Crippen LogP contribution in [0.5, 0.6) is 0 Å². The van der Waals surface area contributed by atoms with E-state index in [0.717, 1.165) is 129 Å². The largest absolute Gasteiger partial charge is 3.00 e. The Labute approximate surface area is 471 Å². The Morgan fingerprint density at radius 3 is 1.25 bits per heavy atom. The van der Waals surface area contributed by atoms with E-state index in [1.54, 1.807) is 0 Å². The molecular formula is C71H44IrN7. The first-order valence-corrected chi connectivity index (χ1v) is 25.9. The van der Waals surface area contributed by atoms with Crippen LogP contribution in [0, 0.1) is 18.2 Å². The molecule has 0 fully saturated rings. The average molecular weight is 1190 g/mol. The summed E-state index contributed by atoms with van der Waals surface area (Å²) in [6.45, 7) is 0. The zero-order valence-corrected chi connectivity index (χ0v) is 44.8. The minimum atomic E-state index is 0. The van der Waals surface area contributed by atoms with Crippen LogP contribution < -0.4 is 0 Å². The molecule has 0 amide bonds. The van der Waals surface area contributed by atoms with Gasteiger partial charge in [0.25, 0.3) is 0 Å². The average Bonchev–Trinajstić information content (AvgIpc) is 4.35. The number of benzene rings is 9. The zero-order valence-electron chi connectivity index (χ0n) is 42.4. The van der Waals surface area contributed by atoms with E-state index in [1.165, 1.54) is 5.56 Å². The Morgan fingerprint density at radius 1 is 0.291 bits per heavy atom. The van der Waals surface area contributed by atoms with Crippen LogP contribution in [-0.4, -0.2) is 34.1 Å². The fourth-order valence-corrected chi connectivity index (χ4v) is 10.5. The molecule has 372 valence electrons. The summed E-state index contributed by atoms with van der Waals surface area (Å²) < 4.78 is 4.47. The fraction of sp³-hybridized carbons (Fsp3) is 0. The minimum absolute atomic E-state index is 0. The second-order valence-corrected chi connectivity index (χ2v) is 19.0. The van der Waals surface area contributed by atoms with Crippen LogP contribution >= 0.6 is 0 Å². The Hall–Kier alpha value is -9.98. The van der Waals surface area contributed by atoms with E-state index in [4.69, 9.17) is 15.0 Å². The molecule has 0 bridgehead atoms. The second-order valence-electron chi connectivity index (χ2n) is 19.0. The van der Waals surface area contributed by atoms with Gasteiger partial charge >= 0.3 is 20.1 Å². The summed E-state index contributed by atoms with van der Waals surface area (Å²) in [5, 5.41) is 0. The van der Waals surface area contributed by atoms with Crippen molar-refractivity contribution in [2.45, 2.75) is 0 Å². The van der Waals surface area contributed by atoms with E-state index < -0.39 is 0 Å². The first-order chi connectivity index (χ1) is 38.7. The Kier molecular flexibility index (Phi) is 13.1. The zero-order chi connectivity index (χ0) is 51.8. The maximum Gasteiger partial charge on any atom is 3.00 e. The van der Waals surface area contributed by atoms with Crippen LogP contribution in [0.2, 0.25) is 0 Å². The molecule has 0 unspecified atom stereocenters. The third-order valence-corrected chi connectivity index (χ3v) is 14.3. The standard InChI is InChI=1S/C71H44N7.Ir/c1-2-16-48(17-3-1)49-27-29-50(30-28-49)62-47-53(65-22-12-15-43-74-65)35-40-61(62)60-19-5-4-18-59(60)54-44-55(70-75-66-23-6-8-25-68(66)77(70)57-36-31-51(32-37-57)63-20-10-13-41-72-63)46-56(45-54)71-76-67-24-7-9-26-69(67)78(71)58-38-33-52(34-39-58)64-21-11-14-42-73-64;/h1-31,33,36-47H;/q-3;+3. The summed E-state index contributed by atoms with van der Waals surface area (Å²) in [6, 6.07) is 96.9. The van der Waals surface area contributed by atoms with Crippen molar-refractivity contribution < 1.29 is 20.1 Å². The smallest absolute Gasteiger partial charge is 0.334 e. The van der Waals surface area contributed by atoms with E-state index in [2.05, 4.69) is 207 Å². The molecule has 14 rings (SSSR count). The van der Waals surface area contributed by atoms with Gasteiger partial charge in [-0.3, -0.25) is 0 Å². The van der Waals surface area contributed by atoms with Gasteiger partial charge in [-0.25, -0.2) is 9.97 Å². The molecule has 0 spiro atoms. The summed E-state index contributed by atoms with van der Waals surface area (Å²) in [5.74, 6) is 1.55. The predicted octanol–water partition coefficient (Wildman–Crippen LogP) is 17.0. The van der Waals surface area contributed by atoms with Gasteiger partial charge in [-0.2, -0.15) is 0 Å². The molecule has 0 saturated heterocycles. The van der Waals surface area contributed by atoms with Crippen LogP contribution in [0.3, 0.4) is 0 Å². The maximum absolute atomic E-state index is 5.46. The minimum Gasteiger partial charge on any atom is -0.334 e. The Morgan fingerprint density at radius 2 is 0.734 bits per heavy atom. The van der Waals surface area contributed by atoms with Crippen molar-refractivity contribution in [3.63, 3.8) is 0 Å². The summed E-state index contributed by atoms with van der Waals surface area (Å²) in [5.41, 5.74) is 21.2. The van der Waals surface area contributed by atoms with Crippen LogP contribution in [0.4, 0.5) is 0 Å². The number of fused-ring (bicyclic) bond motifs is 2. The molecule has 0 N–H and O–H groups in total. The van der Waals surface area contributed by atoms with Gasteiger partial charge in [0, 0.05) is 29.7 Å². The summed E-state index contributed by atoms with van der Waals surface area (Å²) in [4.78, 5) is 24.9. The summed E-state index contributed by atoms with van der Waals surface area (Å²) in [7, 11) is 0. The van der Waals surface area contributed by atoms with E-state index in [1.807, 2.05) is 97.5 Å². The van der Waals surface area contributed by atoms with E-state index >= 15 is 0 Å². The third kappa shape index (κ3) is 9.35. The third-order valence-electron chi connectivity index (χ3n) is 14.3. The number of pyridine rings is 3. The Balaban J connectivity index is 0.00000591. The number of hydrogen-bond acceptors (Lipinski definition) is 5. The van der Waals surface area contributed by atoms with E-state index in [0.29, 0.717) is 0 Å². The normalized spacial score (nSPS) is 11.2. The fourth-order valence-electron chi connectivity index (χ4n) is 10.5. The molecule has 9 aromatic carbocycles. The molecule has 0 saturated carbocycles. The molecular weight excluding hydrogens is 1140 g/mol. The van der Waals surface area contributed by atoms with Crippen molar-refractivity contribution in [1.29, 1.82) is 0 Å². The van der Waals surface area contributed by atoms with Crippen molar-refractivity contribution >= 4 is 22.1 Å². The quantitative estimate of drug-likeness (QED) is 0.121. The molecule has 0 aliphatic heterocycles. The maximum atomic E-state index is 5.46. The molecule has 0 atom stereocenters. The molecule has 8 heteroatoms. The van der Waals surface area contributed by atoms with Crippen LogP contribution in [0.25, 0.3) is 134 Å². The Bertz CT molecular complexity index is 4270. The van der Waals surface area contributed by atoms with E-state index in [9.17, 15) is 0 Å². The molecule has 7 nitrogen and oxygen atoms in total. The SMILES string of the molecule is [Ir+3].[c-]1cc(-n2c(-c3cc(-c4ccccc4-c4c[c-]c(-c5ccccn5)cc4-c4ccc(-c5ccccc5)cc4)cc(-c4nc5ccccc5n4-c4c[c-]c(-c5ccccn5)cc4)c3)nc3ccccc32)ccc1-c1ccccn1. The number of para-hydroxylation sites is 4. The molecule has 14 aromatic rings. The van der Waals surface area contributed by atoms with Gasteiger partial charge in [0.05, 0.1) is 22.1 Å². The van der Waals surface area contributed by atoms with Crippen molar-refractivity contribution in [2.75, 3.05) is 0 Å². The monoisotopic (exact) mass is 1190 g/mol. The van der Waals surface area contributed by atoms with Crippen molar-refractivity contribution in [1.82, 2.24) is 34.1 Å². The van der Waals surface area contributed by atoms with Crippen LogP contribution in [-0.2, 0) is 20.1 Å². The molecule has 5 aromatic heterocycles. The van der Waals surface area contributed by atoms with Crippen molar-refractivity contribution in [3.05, 3.63) is 286 Å². The first kappa shape index (κ1) is 48.6.